The van der Waals surface area contributed by atoms with E-state index in [1.165, 1.54) is 0 Å². The first-order valence-electron chi connectivity index (χ1n) is 2.67. The zero-order chi connectivity index (χ0) is 9.46. The molecule has 1 rings (SSSR count). The molecular weight excluding hydrogens is 358 g/mol. The van der Waals surface area contributed by atoms with Crippen molar-refractivity contribution in [1.29, 1.82) is 0 Å². The number of hydrogen-bond acceptors (Lipinski definition) is 1. The molecule has 0 atom stereocenters. The molecule has 0 aromatic heterocycles. The van der Waals surface area contributed by atoms with Gasteiger partial charge in [0, 0.05) is 22.4 Å². The molecule has 0 unspecified atom stereocenters. The van der Waals surface area contributed by atoms with Gasteiger partial charge in [0.05, 0.1) is 15.1 Å². The van der Waals surface area contributed by atoms with Crippen molar-refractivity contribution in [2.24, 2.45) is 0 Å². The van der Waals surface area contributed by atoms with E-state index in [-0.39, 0.29) is 53.2 Å². The fourth-order valence-corrected chi connectivity index (χ4v) is 1.72. The van der Waals surface area contributed by atoms with E-state index in [2.05, 4.69) is 0 Å². The van der Waals surface area contributed by atoms with Crippen LogP contribution >= 0.6 is 58.0 Å². The Balaban J connectivity index is 0.00000144. The molecule has 0 spiro atoms. The molecule has 1 aromatic carbocycles. The maximum absolute atomic E-state index is 9.20. The normalized spacial score (nSPS) is 9.62. The topological polar surface area (TPSA) is 20.2 Å². The minimum Gasteiger partial charge on any atom is -0.505 e. The Hall–Kier alpha value is 1.21. The van der Waals surface area contributed by atoms with E-state index in [1.807, 2.05) is 0 Å². The first-order chi connectivity index (χ1) is 5.46. The second kappa shape index (κ2) is 5.34. The number of hydrogen-bond donors (Lipinski definition) is 1. The van der Waals surface area contributed by atoms with E-state index in [1.54, 1.807) is 0 Å². The van der Waals surface area contributed by atoms with Crippen molar-refractivity contribution in [2.75, 3.05) is 0 Å². The molecule has 0 saturated carbocycles. The number of phenols is 1. The maximum Gasteiger partial charge on any atom is 0.155 e. The number of rotatable bonds is 0. The molecule has 0 aliphatic carbocycles. The average Bonchev–Trinajstić information content (AvgIpc) is 2.08. The predicted molar refractivity (Wildman–Crippen MR) is 53.2 cm³/mol. The summed E-state index contributed by atoms with van der Waals surface area (Å²) >= 11 is 27.9. The van der Waals surface area contributed by atoms with Crippen LogP contribution < -0.4 is 0 Å². The van der Waals surface area contributed by atoms with Gasteiger partial charge in [-0.15, -0.1) is 0 Å². The van der Waals surface area contributed by atoms with Gasteiger partial charge in [-0.1, -0.05) is 58.0 Å². The molecule has 0 bridgehead atoms. The van der Waals surface area contributed by atoms with Crippen LogP contribution in [0.25, 0.3) is 0 Å². The van der Waals surface area contributed by atoms with Crippen molar-refractivity contribution in [3.63, 3.8) is 0 Å². The van der Waals surface area contributed by atoms with Crippen LogP contribution in [0.15, 0.2) is 0 Å². The van der Waals surface area contributed by atoms with Gasteiger partial charge < -0.3 is 5.11 Å². The van der Waals surface area contributed by atoms with Crippen LogP contribution in [0, 0.1) is 0 Å². The van der Waals surface area contributed by atoms with Crippen LogP contribution in [-0.4, -0.2) is 5.11 Å². The summed E-state index contributed by atoms with van der Waals surface area (Å²) in [6.45, 7) is 0. The quantitative estimate of drug-likeness (QED) is 0.406. The summed E-state index contributed by atoms with van der Waals surface area (Å²) < 4.78 is 0. The van der Waals surface area contributed by atoms with Crippen molar-refractivity contribution < 1.29 is 27.5 Å². The third kappa shape index (κ3) is 2.61. The molecule has 7 heteroatoms. The molecule has 1 radical (unpaired) electrons. The number of benzene rings is 1. The molecule has 0 saturated heterocycles. The van der Waals surface area contributed by atoms with Crippen LogP contribution in [0.3, 0.4) is 0 Å². The van der Waals surface area contributed by atoms with Crippen molar-refractivity contribution in [3.8, 4) is 5.75 Å². The smallest absolute Gasteiger partial charge is 0.155 e. The van der Waals surface area contributed by atoms with Crippen LogP contribution in [0.4, 0.5) is 0 Å². The van der Waals surface area contributed by atoms with E-state index >= 15 is 0 Å². The molecule has 0 heterocycles. The second-order valence-electron chi connectivity index (χ2n) is 1.92. The van der Waals surface area contributed by atoms with Gasteiger partial charge in [-0.25, -0.2) is 0 Å². The maximum atomic E-state index is 9.20. The van der Waals surface area contributed by atoms with Crippen LogP contribution in [0.5, 0.6) is 5.75 Å². The van der Waals surface area contributed by atoms with Gasteiger partial charge in [0.1, 0.15) is 10.0 Å². The number of halogens is 5. The Morgan fingerprint density at radius 3 is 1.15 bits per heavy atom. The molecular formula is C6HCl5NbO. The SMILES string of the molecule is Oc1c(Cl)c(Cl)c(Cl)c(Cl)c1Cl.[Nb]. The van der Waals surface area contributed by atoms with E-state index in [9.17, 15) is 5.11 Å². The van der Waals surface area contributed by atoms with E-state index in [0.29, 0.717) is 0 Å². The number of phenolic OH excluding ortho intramolecular Hbond substituents is 1. The zero-order valence-corrected chi connectivity index (χ0v) is 11.8. The van der Waals surface area contributed by atoms with Crippen molar-refractivity contribution in [1.82, 2.24) is 0 Å². The molecule has 1 nitrogen and oxygen atoms in total. The van der Waals surface area contributed by atoms with Crippen LogP contribution in [0.2, 0.25) is 25.1 Å². The summed E-state index contributed by atoms with van der Waals surface area (Å²) in [4.78, 5) is 0. The van der Waals surface area contributed by atoms with E-state index < -0.39 is 0 Å². The third-order valence-corrected chi connectivity index (χ3v) is 3.44. The first kappa shape index (κ1) is 14.2. The van der Waals surface area contributed by atoms with Gasteiger partial charge in [-0.3, -0.25) is 0 Å². The van der Waals surface area contributed by atoms with Gasteiger partial charge in [0.2, 0.25) is 0 Å². The summed E-state index contributed by atoms with van der Waals surface area (Å²) in [5, 5.41) is 9.01. The summed E-state index contributed by atoms with van der Waals surface area (Å²) in [7, 11) is 0. The number of aromatic hydroxyl groups is 1. The van der Waals surface area contributed by atoms with E-state index in [4.69, 9.17) is 58.0 Å². The molecule has 0 fully saturated rings. The monoisotopic (exact) mass is 357 g/mol. The molecule has 1 N–H and O–H groups in total. The zero-order valence-electron chi connectivity index (χ0n) is 5.78. The molecule has 0 aliphatic heterocycles. The van der Waals surface area contributed by atoms with Crippen LogP contribution in [0.1, 0.15) is 0 Å². The Morgan fingerprint density at radius 1 is 0.615 bits per heavy atom. The summed E-state index contributed by atoms with van der Waals surface area (Å²) in [5.74, 6) is -0.363. The van der Waals surface area contributed by atoms with Gasteiger partial charge in [-0.2, -0.15) is 0 Å². The fourth-order valence-electron chi connectivity index (χ4n) is 0.593. The fraction of sp³-hybridized carbons (Fsp3) is 0. The second-order valence-corrected chi connectivity index (χ2v) is 3.81. The summed E-state index contributed by atoms with van der Waals surface area (Å²) in [5.41, 5.74) is 0. The molecule has 71 valence electrons. The minimum absolute atomic E-state index is 0. The standard InChI is InChI=1S/C6HCl5O.Nb/c7-1-2(8)4(10)6(12)5(11)3(1)9;/h12H;. The molecule has 13 heavy (non-hydrogen) atoms. The van der Waals surface area contributed by atoms with E-state index in [0.717, 1.165) is 0 Å². The predicted octanol–water partition coefficient (Wildman–Crippen LogP) is 4.66. The Kier molecular flexibility index (Phi) is 5.83. The molecule has 0 amide bonds. The summed E-state index contributed by atoms with van der Waals surface area (Å²) in [6, 6.07) is 0. The minimum atomic E-state index is -0.363. The van der Waals surface area contributed by atoms with Crippen molar-refractivity contribution in [2.45, 2.75) is 0 Å². The van der Waals surface area contributed by atoms with Crippen molar-refractivity contribution >= 4 is 58.0 Å². The van der Waals surface area contributed by atoms with Gasteiger partial charge >= 0.3 is 0 Å². The molecule has 1 aromatic rings. The Labute approximate surface area is 115 Å². The third-order valence-electron chi connectivity index (χ3n) is 1.19. The van der Waals surface area contributed by atoms with Gasteiger partial charge in [-0.05, 0) is 0 Å². The van der Waals surface area contributed by atoms with Crippen molar-refractivity contribution in [3.05, 3.63) is 25.1 Å². The summed E-state index contributed by atoms with van der Waals surface area (Å²) in [6.07, 6.45) is 0. The Bertz CT molecular complexity index is 235. The van der Waals surface area contributed by atoms with Crippen LogP contribution in [-0.2, 0) is 22.4 Å². The van der Waals surface area contributed by atoms with Gasteiger partial charge in [0.15, 0.2) is 5.75 Å². The van der Waals surface area contributed by atoms with Gasteiger partial charge in [0.25, 0.3) is 0 Å². The average molecular weight is 359 g/mol. The Morgan fingerprint density at radius 2 is 0.846 bits per heavy atom. The largest absolute Gasteiger partial charge is 0.505 e. The first-order valence-corrected chi connectivity index (χ1v) is 4.56. The molecule has 0 aliphatic rings.